The van der Waals surface area contributed by atoms with E-state index >= 15 is 0 Å². The van der Waals surface area contributed by atoms with Gasteiger partial charge in [-0.25, -0.2) is 4.39 Å². The summed E-state index contributed by atoms with van der Waals surface area (Å²) < 4.78 is 13.6. The first-order chi connectivity index (χ1) is 9.22. The minimum atomic E-state index is -0.188. The van der Waals surface area contributed by atoms with Crippen molar-refractivity contribution in [1.29, 1.82) is 0 Å². The Kier molecular flexibility index (Phi) is 3.24. The standard InChI is InChI=1S/C17H18FN/c1-12-5-8-16(18)17(9-12)19-11-13-6-7-14-3-2-4-15(14)10-13/h5-10,19H,2-4,11H2,1H3. The fraction of sp³-hybridized carbons (Fsp3) is 0.294. The predicted octanol–water partition coefficient (Wildman–Crippen LogP) is 4.23. The van der Waals surface area contributed by atoms with Crippen molar-refractivity contribution in [1.82, 2.24) is 0 Å². The van der Waals surface area contributed by atoms with Gasteiger partial charge < -0.3 is 5.32 Å². The number of anilines is 1. The van der Waals surface area contributed by atoms with Crippen molar-refractivity contribution in [3.05, 3.63) is 64.5 Å². The minimum absolute atomic E-state index is 0.188. The summed E-state index contributed by atoms with van der Waals surface area (Å²) in [7, 11) is 0. The molecule has 0 atom stereocenters. The summed E-state index contributed by atoms with van der Waals surface area (Å²) in [5.74, 6) is -0.188. The van der Waals surface area contributed by atoms with Crippen LogP contribution >= 0.6 is 0 Å². The van der Waals surface area contributed by atoms with E-state index in [-0.39, 0.29) is 5.82 Å². The van der Waals surface area contributed by atoms with Gasteiger partial charge >= 0.3 is 0 Å². The lowest BCUT2D eigenvalue weighted by Crippen LogP contribution is -2.02. The second-order valence-electron chi connectivity index (χ2n) is 5.29. The monoisotopic (exact) mass is 255 g/mol. The van der Waals surface area contributed by atoms with E-state index in [1.807, 2.05) is 13.0 Å². The highest BCUT2D eigenvalue weighted by atomic mass is 19.1. The molecule has 98 valence electrons. The molecule has 2 heteroatoms. The van der Waals surface area contributed by atoms with E-state index in [1.54, 1.807) is 6.07 Å². The number of rotatable bonds is 3. The van der Waals surface area contributed by atoms with Crippen LogP contribution in [0.5, 0.6) is 0 Å². The SMILES string of the molecule is Cc1ccc(F)c(NCc2ccc3c(c2)CCC3)c1. The number of nitrogens with one attached hydrogen (secondary N) is 1. The van der Waals surface area contributed by atoms with Crippen molar-refractivity contribution in [2.24, 2.45) is 0 Å². The van der Waals surface area contributed by atoms with Crippen molar-refractivity contribution in [3.8, 4) is 0 Å². The molecule has 0 heterocycles. The van der Waals surface area contributed by atoms with E-state index < -0.39 is 0 Å². The summed E-state index contributed by atoms with van der Waals surface area (Å²) in [6.07, 6.45) is 3.65. The molecule has 0 bridgehead atoms. The first-order valence-corrected chi connectivity index (χ1v) is 6.83. The fourth-order valence-corrected chi connectivity index (χ4v) is 2.71. The van der Waals surface area contributed by atoms with Gasteiger partial charge in [-0.15, -0.1) is 0 Å². The van der Waals surface area contributed by atoms with Gasteiger partial charge in [0.15, 0.2) is 0 Å². The molecule has 0 aliphatic heterocycles. The molecule has 19 heavy (non-hydrogen) atoms. The highest BCUT2D eigenvalue weighted by Gasteiger charge is 2.10. The zero-order valence-corrected chi connectivity index (χ0v) is 11.2. The second kappa shape index (κ2) is 5.04. The number of hydrogen-bond donors (Lipinski definition) is 1. The van der Waals surface area contributed by atoms with Crippen molar-refractivity contribution in [2.45, 2.75) is 32.7 Å². The lowest BCUT2D eigenvalue weighted by Gasteiger charge is -2.10. The number of hydrogen-bond acceptors (Lipinski definition) is 1. The van der Waals surface area contributed by atoms with Crippen molar-refractivity contribution in [3.63, 3.8) is 0 Å². The molecule has 1 nitrogen and oxygen atoms in total. The van der Waals surface area contributed by atoms with Gasteiger partial charge in [-0.1, -0.05) is 24.3 Å². The summed E-state index contributed by atoms with van der Waals surface area (Å²) in [6, 6.07) is 11.8. The highest BCUT2D eigenvalue weighted by Crippen LogP contribution is 2.23. The molecule has 0 aromatic heterocycles. The van der Waals surface area contributed by atoms with E-state index in [1.165, 1.54) is 42.0 Å². The third kappa shape index (κ3) is 2.62. The average Bonchev–Trinajstić information content (AvgIpc) is 2.87. The van der Waals surface area contributed by atoms with Gasteiger partial charge in [-0.2, -0.15) is 0 Å². The molecule has 0 saturated carbocycles. The Labute approximate surface area is 113 Å². The molecule has 0 unspecified atom stereocenters. The molecule has 0 radical (unpaired) electrons. The van der Waals surface area contributed by atoms with Gasteiger partial charge in [-0.3, -0.25) is 0 Å². The maximum absolute atomic E-state index is 13.6. The molecule has 1 N–H and O–H groups in total. The summed E-state index contributed by atoms with van der Waals surface area (Å²) in [5, 5.41) is 3.19. The topological polar surface area (TPSA) is 12.0 Å². The summed E-state index contributed by atoms with van der Waals surface area (Å²) in [6.45, 7) is 2.65. The van der Waals surface area contributed by atoms with Gasteiger partial charge in [0.2, 0.25) is 0 Å². The summed E-state index contributed by atoms with van der Waals surface area (Å²) >= 11 is 0. The molecular weight excluding hydrogens is 237 g/mol. The first-order valence-electron chi connectivity index (χ1n) is 6.83. The number of halogens is 1. The molecule has 3 rings (SSSR count). The smallest absolute Gasteiger partial charge is 0.146 e. The Morgan fingerprint density at radius 1 is 1.05 bits per heavy atom. The Morgan fingerprint density at radius 3 is 2.79 bits per heavy atom. The van der Waals surface area contributed by atoms with Crippen LogP contribution in [-0.4, -0.2) is 0 Å². The normalized spacial score (nSPS) is 13.4. The van der Waals surface area contributed by atoms with Crippen LogP contribution in [0.15, 0.2) is 36.4 Å². The molecule has 2 aromatic carbocycles. The largest absolute Gasteiger partial charge is 0.379 e. The van der Waals surface area contributed by atoms with E-state index in [0.29, 0.717) is 12.2 Å². The molecule has 0 spiro atoms. The quantitative estimate of drug-likeness (QED) is 0.865. The third-order valence-electron chi connectivity index (χ3n) is 3.77. The Bertz CT molecular complexity index is 604. The average molecular weight is 255 g/mol. The molecular formula is C17H18FN. The van der Waals surface area contributed by atoms with Crippen LogP contribution in [0.2, 0.25) is 0 Å². The van der Waals surface area contributed by atoms with Gasteiger partial charge in [0.1, 0.15) is 5.82 Å². The van der Waals surface area contributed by atoms with Gasteiger partial charge in [0, 0.05) is 6.54 Å². The maximum atomic E-state index is 13.6. The molecule has 0 saturated heterocycles. The minimum Gasteiger partial charge on any atom is -0.379 e. The van der Waals surface area contributed by atoms with Crippen LogP contribution in [0.25, 0.3) is 0 Å². The lowest BCUT2D eigenvalue weighted by atomic mass is 10.1. The zero-order valence-electron chi connectivity index (χ0n) is 11.2. The van der Waals surface area contributed by atoms with Crippen molar-refractivity contribution >= 4 is 5.69 Å². The molecule has 1 aliphatic rings. The lowest BCUT2D eigenvalue weighted by molar-refractivity contribution is 0.629. The highest BCUT2D eigenvalue weighted by molar-refractivity contribution is 5.48. The van der Waals surface area contributed by atoms with Gasteiger partial charge in [-0.05, 0) is 60.6 Å². The van der Waals surface area contributed by atoms with Gasteiger partial charge in [0.25, 0.3) is 0 Å². The van der Waals surface area contributed by atoms with Crippen LogP contribution in [0.4, 0.5) is 10.1 Å². The van der Waals surface area contributed by atoms with Crippen LogP contribution in [-0.2, 0) is 19.4 Å². The Morgan fingerprint density at radius 2 is 1.89 bits per heavy atom. The maximum Gasteiger partial charge on any atom is 0.146 e. The first kappa shape index (κ1) is 12.2. The Hall–Kier alpha value is -1.83. The summed E-state index contributed by atoms with van der Waals surface area (Å²) in [4.78, 5) is 0. The zero-order chi connectivity index (χ0) is 13.2. The molecule has 2 aromatic rings. The summed E-state index contributed by atoms with van der Waals surface area (Å²) in [5.41, 5.74) is 5.81. The molecule has 0 fully saturated rings. The van der Waals surface area contributed by atoms with E-state index in [9.17, 15) is 4.39 Å². The Balaban J connectivity index is 1.74. The molecule has 0 amide bonds. The van der Waals surface area contributed by atoms with Crippen LogP contribution < -0.4 is 5.32 Å². The van der Waals surface area contributed by atoms with Gasteiger partial charge in [0.05, 0.1) is 5.69 Å². The van der Waals surface area contributed by atoms with Crippen molar-refractivity contribution < 1.29 is 4.39 Å². The number of aryl methyl sites for hydroxylation is 3. The fourth-order valence-electron chi connectivity index (χ4n) is 2.71. The van der Waals surface area contributed by atoms with Crippen LogP contribution in [0.1, 0.15) is 28.7 Å². The second-order valence-corrected chi connectivity index (χ2v) is 5.29. The number of fused-ring (bicyclic) bond motifs is 1. The van der Waals surface area contributed by atoms with E-state index in [4.69, 9.17) is 0 Å². The third-order valence-corrected chi connectivity index (χ3v) is 3.77. The van der Waals surface area contributed by atoms with Crippen molar-refractivity contribution in [2.75, 3.05) is 5.32 Å². The number of benzene rings is 2. The predicted molar refractivity (Wildman–Crippen MR) is 76.9 cm³/mol. The van der Waals surface area contributed by atoms with E-state index in [2.05, 4.69) is 23.5 Å². The van der Waals surface area contributed by atoms with E-state index in [0.717, 1.165) is 5.56 Å². The van der Waals surface area contributed by atoms with Crippen LogP contribution in [0, 0.1) is 12.7 Å². The molecule has 1 aliphatic carbocycles. The van der Waals surface area contributed by atoms with Crippen LogP contribution in [0.3, 0.4) is 0 Å².